The highest BCUT2D eigenvalue weighted by Crippen LogP contribution is 2.15. The van der Waals surface area contributed by atoms with Crippen LogP contribution in [0.15, 0.2) is 46.4 Å². The molecule has 76 valence electrons. The van der Waals surface area contributed by atoms with Gasteiger partial charge in [0.1, 0.15) is 6.61 Å². The van der Waals surface area contributed by atoms with Gasteiger partial charge in [0.15, 0.2) is 5.71 Å². The number of hydrogen-bond acceptors (Lipinski definition) is 4. The van der Waals surface area contributed by atoms with Crippen molar-refractivity contribution >= 4 is 24.3 Å². The van der Waals surface area contributed by atoms with Gasteiger partial charge in [0.2, 0.25) is 0 Å². The SMILES string of the molecule is O=C(OCc1ccccc1)C1=NC=C1S. The van der Waals surface area contributed by atoms with E-state index in [1.807, 2.05) is 30.3 Å². The minimum atomic E-state index is -0.425. The first kappa shape index (κ1) is 9.98. The van der Waals surface area contributed by atoms with E-state index in [0.717, 1.165) is 5.56 Å². The molecule has 0 amide bonds. The maximum Gasteiger partial charge on any atom is 0.358 e. The molecule has 4 heteroatoms. The third kappa shape index (κ3) is 2.27. The molecule has 1 aliphatic rings. The number of ether oxygens (including phenoxy) is 1. The van der Waals surface area contributed by atoms with Gasteiger partial charge in [0.25, 0.3) is 0 Å². The fraction of sp³-hybridized carbons (Fsp3) is 0.0909. The van der Waals surface area contributed by atoms with Crippen LogP contribution in [0.4, 0.5) is 0 Å². The van der Waals surface area contributed by atoms with Gasteiger partial charge in [-0.3, -0.25) is 0 Å². The Balaban J connectivity index is 1.87. The van der Waals surface area contributed by atoms with Crippen molar-refractivity contribution in [1.29, 1.82) is 0 Å². The van der Waals surface area contributed by atoms with Gasteiger partial charge in [0, 0.05) is 6.20 Å². The predicted octanol–water partition coefficient (Wildman–Crippen LogP) is 1.96. The van der Waals surface area contributed by atoms with Crippen LogP contribution in [-0.2, 0) is 16.1 Å². The second-order valence-electron chi connectivity index (χ2n) is 3.05. The second kappa shape index (κ2) is 4.31. The van der Waals surface area contributed by atoms with E-state index in [9.17, 15) is 4.79 Å². The third-order valence-electron chi connectivity index (χ3n) is 1.96. The summed E-state index contributed by atoms with van der Waals surface area (Å²) >= 11 is 4.03. The van der Waals surface area contributed by atoms with Gasteiger partial charge in [0.05, 0.1) is 4.91 Å². The van der Waals surface area contributed by atoms with E-state index in [-0.39, 0.29) is 6.61 Å². The van der Waals surface area contributed by atoms with Crippen molar-refractivity contribution in [3.8, 4) is 0 Å². The van der Waals surface area contributed by atoms with E-state index in [2.05, 4.69) is 17.6 Å². The molecule has 15 heavy (non-hydrogen) atoms. The Hall–Kier alpha value is -1.55. The highest BCUT2D eigenvalue weighted by Gasteiger charge is 2.20. The molecule has 0 radical (unpaired) electrons. The molecule has 1 aromatic carbocycles. The van der Waals surface area contributed by atoms with Crippen LogP contribution in [0.3, 0.4) is 0 Å². The maximum absolute atomic E-state index is 11.4. The van der Waals surface area contributed by atoms with Crippen LogP contribution >= 0.6 is 12.6 Å². The Morgan fingerprint density at radius 1 is 1.33 bits per heavy atom. The van der Waals surface area contributed by atoms with Gasteiger partial charge in [-0.2, -0.15) is 0 Å². The van der Waals surface area contributed by atoms with Gasteiger partial charge in [-0.1, -0.05) is 30.3 Å². The molecule has 0 bridgehead atoms. The molecular formula is C11H9NO2S. The summed E-state index contributed by atoms with van der Waals surface area (Å²) in [6, 6.07) is 9.50. The molecule has 0 unspecified atom stereocenters. The maximum atomic E-state index is 11.4. The average Bonchev–Trinajstić information content (AvgIpc) is 2.26. The summed E-state index contributed by atoms with van der Waals surface area (Å²) in [5.74, 6) is -0.425. The van der Waals surface area contributed by atoms with E-state index in [0.29, 0.717) is 10.6 Å². The van der Waals surface area contributed by atoms with Gasteiger partial charge < -0.3 is 4.74 Å². The summed E-state index contributed by atoms with van der Waals surface area (Å²) < 4.78 is 5.04. The topological polar surface area (TPSA) is 38.7 Å². The molecule has 0 saturated carbocycles. The van der Waals surface area contributed by atoms with Crippen molar-refractivity contribution in [3.05, 3.63) is 47.0 Å². The zero-order valence-electron chi connectivity index (χ0n) is 7.88. The van der Waals surface area contributed by atoms with Crippen molar-refractivity contribution < 1.29 is 9.53 Å². The van der Waals surface area contributed by atoms with Crippen LogP contribution < -0.4 is 0 Å². The van der Waals surface area contributed by atoms with Gasteiger partial charge in [-0.15, -0.1) is 12.6 Å². The summed E-state index contributed by atoms with van der Waals surface area (Å²) in [5, 5.41) is 0. The number of aliphatic imine (C=N–C) groups is 1. The molecule has 1 aliphatic heterocycles. The molecule has 0 saturated heterocycles. The number of thiol groups is 1. The number of benzene rings is 1. The van der Waals surface area contributed by atoms with Crippen LogP contribution in [0.2, 0.25) is 0 Å². The number of nitrogens with zero attached hydrogens (tertiary/aromatic N) is 1. The average molecular weight is 219 g/mol. The molecule has 0 fully saturated rings. The Morgan fingerprint density at radius 2 is 2.07 bits per heavy atom. The zero-order valence-corrected chi connectivity index (χ0v) is 8.78. The molecule has 1 heterocycles. The predicted molar refractivity (Wildman–Crippen MR) is 60.7 cm³/mol. The van der Waals surface area contributed by atoms with Gasteiger partial charge >= 0.3 is 5.97 Å². The molecule has 0 N–H and O–H groups in total. The lowest BCUT2D eigenvalue weighted by Crippen LogP contribution is -2.21. The van der Waals surface area contributed by atoms with Crippen LogP contribution in [0, 0.1) is 0 Å². The molecule has 2 rings (SSSR count). The van der Waals surface area contributed by atoms with Gasteiger partial charge in [-0.05, 0) is 5.56 Å². The van der Waals surface area contributed by atoms with Crippen LogP contribution in [-0.4, -0.2) is 11.7 Å². The zero-order chi connectivity index (χ0) is 10.7. The lowest BCUT2D eigenvalue weighted by atomic mass is 10.2. The first-order valence-electron chi connectivity index (χ1n) is 4.46. The van der Waals surface area contributed by atoms with Crippen molar-refractivity contribution in [1.82, 2.24) is 0 Å². The molecule has 0 spiro atoms. The van der Waals surface area contributed by atoms with Crippen molar-refractivity contribution in [2.45, 2.75) is 6.61 Å². The van der Waals surface area contributed by atoms with Crippen molar-refractivity contribution in [2.75, 3.05) is 0 Å². The van der Waals surface area contributed by atoms with E-state index in [1.165, 1.54) is 6.20 Å². The van der Waals surface area contributed by atoms with Crippen LogP contribution in [0.25, 0.3) is 0 Å². The summed E-state index contributed by atoms with van der Waals surface area (Å²) in [4.78, 5) is 15.7. The van der Waals surface area contributed by atoms with Crippen LogP contribution in [0.1, 0.15) is 5.56 Å². The van der Waals surface area contributed by atoms with Crippen molar-refractivity contribution in [2.24, 2.45) is 4.99 Å². The Labute approximate surface area is 92.9 Å². The largest absolute Gasteiger partial charge is 0.456 e. The monoisotopic (exact) mass is 219 g/mol. The Morgan fingerprint density at radius 3 is 2.60 bits per heavy atom. The number of carbonyl (C=O) groups excluding carboxylic acids is 1. The standard InChI is InChI=1S/C11H9NO2S/c13-11(10-9(15)6-12-10)14-7-8-4-2-1-3-5-8/h1-6,15H,7H2. The number of esters is 1. The Bertz CT molecular complexity index is 437. The lowest BCUT2D eigenvalue weighted by Gasteiger charge is -2.10. The quantitative estimate of drug-likeness (QED) is 0.623. The smallest absolute Gasteiger partial charge is 0.358 e. The number of rotatable bonds is 3. The summed E-state index contributed by atoms with van der Waals surface area (Å²) in [7, 11) is 0. The normalized spacial score (nSPS) is 13.7. The highest BCUT2D eigenvalue weighted by atomic mass is 32.1. The van der Waals surface area contributed by atoms with E-state index in [4.69, 9.17) is 4.74 Å². The second-order valence-corrected chi connectivity index (χ2v) is 3.54. The summed E-state index contributed by atoms with van der Waals surface area (Å²) in [6.45, 7) is 0.264. The summed E-state index contributed by atoms with van der Waals surface area (Å²) in [5.41, 5.74) is 1.25. The molecule has 0 aromatic heterocycles. The molecular weight excluding hydrogens is 210 g/mol. The summed E-state index contributed by atoms with van der Waals surface area (Å²) in [6.07, 6.45) is 1.52. The van der Waals surface area contributed by atoms with E-state index in [1.54, 1.807) is 0 Å². The molecule has 1 aromatic rings. The fourth-order valence-corrected chi connectivity index (χ4v) is 1.34. The van der Waals surface area contributed by atoms with Gasteiger partial charge in [-0.25, -0.2) is 9.79 Å². The number of carbonyl (C=O) groups is 1. The Kier molecular flexibility index (Phi) is 2.87. The fourth-order valence-electron chi connectivity index (χ4n) is 1.14. The lowest BCUT2D eigenvalue weighted by molar-refractivity contribution is -0.136. The molecule has 0 atom stereocenters. The molecule has 0 aliphatic carbocycles. The molecule has 3 nitrogen and oxygen atoms in total. The first-order valence-corrected chi connectivity index (χ1v) is 4.90. The minimum absolute atomic E-state index is 0.264. The minimum Gasteiger partial charge on any atom is -0.456 e. The van der Waals surface area contributed by atoms with Crippen molar-refractivity contribution in [3.63, 3.8) is 0 Å². The highest BCUT2D eigenvalue weighted by molar-refractivity contribution is 7.86. The third-order valence-corrected chi connectivity index (χ3v) is 2.29. The van der Waals surface area contributed by atoms with E-state index >= 15 is 0 Å². The van der Waals surface area contributed by atoms with E-state index < -0.39 is 5.97 Å². The number of hydrogen-bond donors (Lipinski definition) is 1. The van der Waals surface area contributed by atoms with Crippen LogP contribution in [0.5, 0.6) is 0 Å². The first-order chi connectivity index (χ1) is 7.27.